The van der Waals surface area contributed by atoms with Crippen molar-refractivity contribution in [2.24, 2.45) is 0 Å². The number of H-pyrrole nitrogens is 1. The minimum atomic E-state index is -0.408. The van der Waals surface area contributed by atoms with Gasteiger partial charge in [0.1, 0.15) is 5.82 Å². The summed E-state index contributed by atoms with van der Waals surface area (Å²) in [6.45, 7) is 7.20. The van der Waals surface area contributed by atoms with E-state index in [-0.39, 0.29) is 12.5 Å². The molecule has 2 N–H and O–H groups in total. The number of aromatic nitrogens is 3. The van der Waals surface area contributed by atoms with Crippen molar-refractivity contribution in [3.63, 3.8) is 0 Å². The number of rotatable bonds is 6. The van der Waals surface area contributed by atoms with Crippen LogP contribution in [0.5, 0.6) is 0 Å². The monoisotopic (exact) mass is 559 g/mol. The summed E-state index contributed by atoms with van der Waals surface area (Å²) in [4.78, 5) is 27.2. The van der Waals surface area contributed by atoms with Crippen molar-refractivity contribution in [3.05, 3.63) is 100 Å². The molecule has 1 fully saturated rings. The fourth-order valence-corrected chi connectivity index (χ4v) is 4.98. The van der Waals surface area contributed by atoms with Gasteiger partial charge in [-0.2, -0.15) is 0 Å². The average molecular weight is 560 g/mol. The molecule has 5 aromatic rings. The summed E-state index contributed by atoms with van der Waals surface area (Å²) in [5.41, 5.74) is 5.30. The molecule has 206 valence electrons. The number of carbonyl (C=O) groups is 1. The highest BCUT2D eigenvalue weighted by atomic mass is 35.5. The Morgan fingerprint density at radius 1 is 1.10 bits per heavy atom. The van der Waals surface area contributed by atoms with Crippen LogP contribution in [0.2, 0.25) is 5.02 Å². The summed E-state index contributed by atoms with van der Waals surface area (Å²) >= 11 is 6.16. The van der Waals surface area contributed by atoms with Crippen LogP contribution in [-0.4, -0.2) is 47.2 Å². The summed E-state index contributed by atoms with van der Waals surface area (Å²) in [5, 5.41) is 5.08. The number of anilines is 1. The molecule has 0 atom stereocenters. The maximum Gasteiger partial charge on any atom is 0.251 e. The minimum absolute atomic E-state index is 0.0446. The van der Waals surface area contributed by atoms with Gasteiger partial charge >= 0.3 is 0 Å². The SMILES string of the molecule is CC.O=C(NCc1cc2c(Cl)c[nH]c2cc1F)c1ccnc(Cc2ccc3ncc(N4CCOCC4)cc3c2)c1. The molecule has 1 aliphatic rings. The van der Waals surface area contributed by atoms with Crippen LogP contribution in [0.15, 0.2) is 67.1 Å². The van der Waals surface area contributed by atoms with Crippen molar-refractivity contribution in [2.75, 3.05) is 31.2 Å². The van der Waals surface area contributed by atoms with Gasteiger partial charge in [0.05, 0.1) is 35.6 Å². The maximum atomic E-state index is 14.5. The summed E-state index contributed by atoms with van der Waals surface area (Å²) in [7, 11) is 0. The van der Waals surface area contributed by atoms with Crippen molar-refractivity contribution in [3.8, 4) is 0 Å². The highest BCUT2D eigenvalue weighted by Gasteiger charge is 2.14. The number of hydrogen-bond donors (Lipinski definition) is 2. The van der Waals surface area contributed by atoms with Crippen LogP contribution in [0, 0.1) is 5.82 Å². The number of amides is 1. The molecule has 0 spiro atoms. The predicted molar refractivity (Wildman–Crippen MR) is 158 cm³/mol. The first-order valence-electron chi connectivity index (χ1n) is 13.4. The largest absolute Gasteiger partial charge is 0.378 e. The second kappa shape index (κ2) is 12.4. The summed E-state index contributed by atoms with van der Waals surface area (Å²) < 4.78 is 20.0. The van der Waals surface area contributed by atoms with Crippen LogP contribution in [0.3, 0.4) is 0 Å². The molecule has 1 aliphatic heterocycles. The number of hydrogen-bond acceptors (Lipinski definition) is 5. The number of pyridine rings is 2. The smallest absolute Gasteiger partial charge is 0.251 e. The predicted octanol–water partition coefficient (Wildman–Crippen LogP) is 6.29. The topological polar surface area (TPSA) is 83.1 Å². The van der Waals surface area contributed by atoms with Gasteiger partial charge in [-0.3, -0.25) is 14.8 Å². The van der Waals surface area contributed by atoms with E-state index in [2.05, 4.69) is 37.3 Å². The van der Waals surface area contributed by atoms with Crippen molar-refractivity contribution in [1.82, 2.24) is 20.3 Å². The van der Waals surface area contributed by atoms with E-state index in [0.717, 1.165) is 54.2 Å². The molecule has 7 nitrogen and oxygen atoms in total. The quantitative estimate of drug-likeness (QED) is 0.255. The second-order valence-electron chi connectivity index (χ2n) is 9.34. The summed E-state index contributed by atoms with van der Waals surface area (Å²) in [6.07, 6.45) is 5.71. The van der Waals surface area contributed by atoms with E-state index < -0.39 is 5.82 Å². The first-order valence-corrected chi connectivity index (χ1v) is 13.8. The van der Waals surface area contributed by atoms with Crippen LogP contribution in [0.1, 0.15) is 41.0 Å². The first-order chi connectivity index (χ1) is 19.5. The molecule has 0 unspecified atom stereocenters. The van der Waals surface area contributed by atoms with Crippen LogP contribution in [-0.2, 0) is 17.7 Å². The second-order valence-corrected chi connectivity index (χ2v) is 9.75. The van der Waals surface area contributed by atoms with Gasteiger partial charge in [0, 0.05) is 71.6 Å². The van der Waals surface area contributed by atoms with Crippen LogP contribution in [0.25, 0.3) is 21.8 Å². The van der Waals surface area contributed by atoms with Gasteiger partial charge in [0.15, 0.2) is 0 Å². The molecular weight excluding hydrogens is 529 g/mol. The fraction of sp³-hybridized carbons (Fsp3) is 0.258. The lowest BCUT2D eigenvalue weighted by atomic mass is 10.0. The van der Waals surface area contributed by atoms with Gasteiger partial charge in [-0.25, -0.2) is 4.39 Å². The molecule has 0 radical (unpaired) electrons. The normalized spacial score (nSPS) is 13.2. The lowest BCUT2D eigenvalue weighted by molar-refractivity contribution is 0.0950. The zero-order valence-electron chi connectivity index (χ0n) is 22.5. The lowest BCUT2D eigenvalue weighted by Gasteiger charge is -2.28. The number of benzene rings is 2. The Hall–Kier alpha value is -4.01. The van der Waals surface area contributed by atoms with Gasteiger partial charge in [0.2, 0.25) is 0 Å². The molecule has 6 rings (SSSR count). The number of aromatic amines is 1. The lowest BCUT2D eigenvalue weighted by Crippen LogP contribution is -2.36. The zero-order chi connectivity index (χ0) is 28.1. The van der Waals surface area contributed by atoms with Crippen molar-refractivity contribution >= 4 is 45.0 Å². The van der Waals surface area contributed by atoms with Crippen LogP contribution >= 0.6 is 11.6 Å². The number of morpholine rings is 1. The van der Waals surface area contributed by atoms with E-state index in [9.17, 15) is 9.18 Å². The van der Waals surface area contributed by atoms with Crippen molar-refractivity contribution in [1.29, 1.82) is 0 Å². The first kappa shape index (κ1) is 27.6. The number of carbonyl (C=O) groups excluding carboxylic acids is 1. The van der Waals surface area contributed by atoms with Crippen LogP contribution in [0.4, 0.5) is 10.1 Å². The molecule has 0 aliphatic carbocycles. The highest BCUT2D eigenvalue weighted by molar-refractivity contribution is 6.35. The number of ether oxygens (including phenoxy) is 1. The van der Waals surface area contributed by atoms with Gasteiger partial charge in [-0.05, 0) is 48.0 Å². The third-order valence-corrected chi connectivity index (χ3v) is 7.12. The van der Waals surface area contributed by atoms with Crippen molar-refractivity contribution in [2.45, 2.75) is 26.8 Å². The molecule has 0 bridgehead atoms. The zero-order valence-corrected chi connectivity index (χ0v) is 23.3. The highest BCUT2D eigenvalue weighted by Crippen LogP contribution is 2.26. The Balaban J connectivity index is 0.00000158. The fourth-order valence-electron chi connectivity index (χ4n) is 4.77. The molecule has 2 aromatic carbocycles. The Morgan fingerprint density at radius 2 is 1.93 bits per heavy atom. The molecule has 1 saturated heterocycles. The van der Waals surface area contributed by atoms with E-state index in [1.807, 2.05) is 32.2 Å². The Bertz CT molecular complexity index is 1650. The average Bonchev–Trinajstić information content (AvgIpc) is 3.35. The molecule has 3 aromatic heterocycles. The van der Waals surface area contributed by atoms with Gasteiger partial charge in [-0.15, -0.1) is 0 Å². The third kappa shape index (κ3) is 6.08. The van der Waals surface area contributed by atoms with Gasteiger partial charge in [-0.1, -0.05) is 31.5 Å². The standard InChI is InChI=1S/C29H25ClFN5O2.C2H6/c30-25-17-34-28-14-26(31)21(13-24(25)28)15-35-29(37)19-3-4-32-22(11-19)10-18-1-2-27-20(9-18)12-23(16-33-27)36-5-7-38-8-6-36;1-2/h1-4,9,11-14,16-17,34H,5-8,10,15H2,(H,35,37);1-2H3. The molecule has 4 heterocycles. The van der Waals surface area contributed by atoms with Crippen molar-refractivity contribution < 1.29 is 13.9 Å². The Morgan fingerprint density at radius 3 is 2.75 bits per heavy atom. The Labute approximate surface area is 237 Å². The van der Waals surface area contributed by atoms with E-state index in [0.29, 0.717) is 33.5 Å². The minimum Gasteiger partial charge on any atom is -0.378 e. The van der Waals surface area contributed by atoms with E-state index in [4.69, 9.17) is 16.3 Å². The van der Waals surface area contributed by atoms with E-state index in [1.54, 1.807) is 30.6 Å². The third-order valence-electron chi connectivity index (χ3n) is 6.81. The van der Waals surface area contributed by atoms with Crippen LogP contribution < -0.4 is 10.2 Å². The van der Waals surface area contributed by atoms with E-state index >= 15 is 0 Å². The van der Waals surface area contributed by atoms with Gasteiger partial charge < -0.3 is 19.9 Å². The molecule has 1 amide bonds. The number of nitrogens with one attached hydrogen (secondary N) is 2. The molecular formula is C31H31ClFN5O2. The number of halogens is 2. The number of nitrogens with zero attached hydrogens (tertiary/aromatic N) is 3. The Kier molecular flexibility index (Phi) is 8.57. The van der Waals surface area contributed by atoms with Gasteiger partial charge in [0.25, 0.3) is 5.91 Å². The number of fused-ring (bicyclic) bond motifs is 2. The maximum absolute atomic E-state index is 14.5. The van der Waals surface area contributed by atoms with E-state index in [1.165, 1.54) is 6.07 Å². The summed E-state index contributed by atoms with van der Waals surface area (Å²) in [5.74, 6) is -0.708. The molecule has 40 heavy (non-hydrogen) atoms. The molecule has 0 saturated carbocycles. The summed E-state index contributed by atoms with van der Waals surface area (Å²) in [6, 6.07) is 14.8. The molecule has 9 heteroatoms.